The lowest BCUT2D eigenvalue weighted by Gasteiger charge is -2.24. The summed E-state index contributed by atoms with van der Waals surface area (Å²) in [5.41, 5.74) is 0. The Kier molecular flexibility index (Phi) is 6.94. The van der Waals surface area contributed by atoms with Gasteiger partial charge in [-0.25, -0.2) is 0 Å². The fourth-order valence-corrected chi connectivity index (χ4v) is 1.82. The van der Waals surface area contributed by atoms with Crippen LogP contribution in [0.3, 0.4) is 0 Å². The van der Waals surface area contributed by atoms with E-state index in [9.17, 15) is 5.11 Å². The Labute approximate surface area is 115 Å². The van der Waals surface area contributed by atoms with Crippen molar-refractivity contribution < 1.29 is 9.84 Å². The summed E-state index contributed by atoms with van der Waals surface area (Å²) < 4.78 is 5.50. The van der Waals surface area contributed by atoms with Gasteiger partial charge in [-0.2, -0.15) is 5.26 Å². The van der Waals surface area contributed by atoms with E-state index < -0.39 is 6.10 Å². The number of aliphatic hydroxyl groups is 1. The number of benzene rings is 1. The molecule has 4 nitrogen and oxygen atoms in total. The normalized spacial score (nSPS) is 13.8. The molecule has 2 unspecified atom stereocenters. The summed E-state index contributed by atoms with van der Waals surface area (Å²) in [6.45, 7) is 6.19. The van der Waals surface area contributed by atoms with Gasteiger partial charge in [0.1, 0.15) is 18.5 Å². The van der Waals surface area contributed by atoms with Gasteiger partial charge in [-0.3, -0.25) is 4.90 Å². The molecule has 0 saturated carbocycles. The SMILES string of the molecule is CCN(CC(C)C#N)CC(O)COc1ccccc1. The Morgan fingerprint density at radius 3 is 2.58 bits per heavy atom. The van der Waals surface area contributed by atoms with Gasteiger partial charge in [0.2, 0.25) is 0 Å². The van der Waals surface area contributed by atoms with E-state index in [1.54, 1.807) is 0 Å². The number of nitriles is 1. The highest BCUT2D eigenvalue weighted by atomic mass is 16.5. The Morgan fingerprint density at radius 1 is 1.32 bits per heavy atom. The molecule has 104 valence electrons. The lowest BCUT2D eigenvalue weighted by molar-refractivity contribution is 0.0675. The van der Waals surface area contributed by atoms with E-state index in [1.165, 1.54) is 0 Å². The van der Waals surface area contributed by atoms with Crippen molar-refractivity contribution in [2.45, 2.75) is 20.0 Å². The van der Waals surface area contributed by atoms with Crippen molar-refractivity contribution in [2.75, 3.05) is 26.2 Å². The summed E-state index contributed by atoms with van der Waals surface area (Å²) in [4.78, 5) is 2.06. The van der Waals surface area contributed by atoms with E-state index in [-0.39, 0.29) is 12.5 Å². The van der Waals surface area contributed by atoms with Crippen LogP contribution in [0.4, 0.5) is 0 Å². The maximum atomic E-state index is 9.95. The molecule has 1 rings (SSSR count). The number of aliphatic hydroxyl groups excluding tert-OH is 1. The van der Waals surface area contributed by atoms with E-state index in [1.807, 2.05) is 44.2 Å². The zero-order chi connectivity index (χ0) is 14.1. The third-order valence-corrected chi connectivity index (χ3v) is 2.85. The van der Waals surface area contributed by atoms with Crippen LogP contribution in [0.5, 0.6) is 5.75 Å². The summed E-state index contributed by atoms with van der Waals surface area (Å²) in [7, 11) is 0. The third-order valence-electron chi connectivity index (χ3n) is 2.85. The van der Waals surface area contributed by atoms with Crippen LogP contribution >= 0.6 is 0 Å². The second-order valence-corrected chi connectivity index (χ2v) is 4.66. The predicted molar refractivity (Wildman–Crippen MR) is 74.8 cm³/mol. The quantitative estimate of drug-likeness (QED) is 0.777. The molecule has 0 aliphatic rings. The molecule has 0 radical (unpaired) electrons. The number of para-hydroxylation sites is 1. The van der Waals surface area contributed by atoms with Gasteiger partial charge in [-0.15, -0.1) is 0 Å². The van der Waals surface area contributed by atoms with E-state index in [0.29, 0.717) is 13.1 Å². The van der Waals surface area contributed by atoms with E-state index in [2.05, 4.69) is 11.0 Å². The molecule has 0 aliphatic heterocycles. The Balaban J connectivity index is 2.33. The highest BCUT2D eigenvalue weighted by molar-refractivity contribution is 5.20. The smallest absolute Gasteiger partial charge is 0.119 e. The van der Waals surface area contributed by atoms with Crippen molar-refractivity contribution in [1.82, 2.24) is 4.90 Å². The average molecular weight is 262 g/mol. The Hall–Kier alpha value is -1.57. The summed E-state index contributed by atoms with van der Waals surface area (Å²) >= 11 is 0. The molecule has 0 amide bonds. The topological polar surface area (TPSA) is 56.5 Å². The van der Waals surface area contributed by atoms with Crippen molar-refractivity contribution in [3.8, 4) is 11.8 Å². The third kappa shape index (κ3) is 6.23. The van der Waals surface area contributed by atoms with Crippen molar-refractivity contribution in [1.29, 1.82) is 5.26 Å². The largest absolute Gasteiger partial charge is 0.491 e. The molecule has 0 aliphatic carbocycles. The van der Waals surface area contributed by atoms with Crippen LogP contribution in [0.15, 0.2) is 30.3 Å². The van der Waals surface area contributed by atoms with Gasteiger partial charge in [-0.1, -0.05) is 25.1 Å². The molecular weight excluding hydrogens is 240 g/mol. The minimum absolute atomic E-state index is 0.0257. The van der Waals surface area contributed by atoms with E-state index in [4.69, 9.17) is 10.00 Å². The molecule has 0 saturated heterocycles. The first-order valence-electron chi connectivity index (χ1n) is 6.63. The molecule has 1 aromatic rings. The van der Waals surface area contributed by atoms with Crippen LogP contribution < -0.4 is 4.74 Å². The van der Waals surface area contributed by atoms with Crippen LogP contribution in [0.25, 0.3) is 0 Å². The lowest BCUT2D eigenvalue weighted by atomic mass is 10.2. The maximum Gasteiger partial charge on any atom is 0.119 e. The van der Waals surface area contributed by atoms with Crippen molar-refractivity contribution >= 4 is 0 Å². The van der Waals surface area contributed by atoms with Crippen LogP contribution in [-0.2, 0) is 0 Å². The predicted octanol–water partition coefficient (Wildman–Crippen LogP) is 1.91. The van der Waals surface area contributed by atoms with Crippen LogP contribution in [0.2, 0.25) is 0 Å². The number of likely N-dealkylation sites (N-methyl/N-ethyl adjacent to an activating group) is 1. The van der Waals surface area contributed by atoms with Gasteiger partial charge in [0.25, 0.3) is 0 Å². The first-order valence-corrected chi connectivity index (χ1v) is 6.63. The fraction of sp³-hybridized carbons (Fsp3) is 0.533. The molecular formula is C15H22N2O2. The average Bonchev–Trinajstić information content (AvgIpc) is 2.45. The molecule has 1 N–H and O–H groups in total. The molecule has 0 bridgehead atoms. The highest BCUT2D eigenvalue weighted by Gasteiger charge is 2.13. The molecule has 19 heavy (non-hydrogen) atoms. The first-order chi connectivity index (χ1) is 9.15. The summed E-state index contributed by atoms with van der Waals surface area (Å²) in [6.07, 6.45) is -0.550. The molecule has 2 atom stereocenters. The first kappa shape index (κ1) is 15.5. The molecule has 0 fully saturated rings. The Bertz CT molecular complexity index is 389. The zero-order valence-electron chi connectivity index (χ0n) is 11.6. The summed E-state index contributed by atoms with van der Waals surface area (Å²) in [6, 6.07) is 11.6. The fourth-order valence-electron chi connectivity index (χ4n) is 1.82. The van der Waals surface area contributed by atoms with Crippen molar-refractivity contribution in [3.63, 3.8) is 0 Å². The van der Waals surface area contributed by atoms with E-state index in [0.717, 1.165) is 12.3 Å². The summed E-state index contributed by atoms with van der Waals surface area (Å²) in [5, 5.41) is 18.7. The van der Waals surface area contributed by atoms with Gasteiger partial charge in [0.05, 0.1) is 12.0 Å². The molecule has 0 aromatic heterocycles. The van der Waals surface area contributed by atoms with Crippen molar-refractivity contribution in [2.24, 2.45) is 5.92 Å². The van der Waals surface area contributed by atoms with Gasteiger partial charge in [0, 0.05) is 13.1 Å². The zero-order valence-corrected chi connectivity index (χ0v) is 11.6. The highest BCUT2D eigenvalue weighted by Crippen LogP contribution is 2.09. The van der Waals surface area contributed by atoms with Gasteiger partial charge in [-0.05, 0) is 25.6 Å². The van der Waals surface area contributed by atoms with Crippen molar-refractivity contribution in [3.05, 3.63) is 30.3 Å². The summed E-state index contributed by atoms with van der Waals surface area (Å²) in [5.74, 6) is 0.734. The van der Waals surface area contributed by atoms with Gasteiger partial charge in [0.15, 0.2) is 0 Å². The van der Waals surface area contributed by atoms with Gasteiger partial charge < -0.3 is 9.84 Å². The molecule has 1 aromatic carbocycles. The van der Waals surface area contributed by atoms with Crippen LogP contribution in [0.1, 0.15) is 13.8 Å². The number of nitrogens with zero attached hydrogens (tertiary/aromatic N) is 2. The lowest BCUT2D eigenvalue weighted by Crippen LogP contribution is -2.37. The second kappa shape index (κ2) is 8.52. The van der Waals surface area contributed by atoms with Crippen LogP contribution in [-0.4, -0.2) is 42.4 Å². The second-order valence-electron chi connectivity index (χ2n) is 4.66. The molecule has 0 spiro atoms. The number of ether oxygens (including phenoxy) is 1. The number of hydrogen-bond donors (Lipinski definition) is 1. The maximum absolute atomic E-state index is 9.95. The minimum Gasteiger partial charge on any atom is -0.491 e. The Morgan fingerprint density at radius 2 is 2.00 bits per heavy atom. The molecule has 0 heterocycles. The monoisotopic (exact) mass is 262 g/mol. The van der Waals surface area contributed by atoms with Gasteiger partial charge >= 0.3 is 0 Å². The number of hydrogen-bond acceptors (Lipinski definition) is 4. The molecule has 4 heteroatoms. The standard InChI is InChI=1S/C15H22N2O2/c1-3-17(10-13(2)9-16)11-14(18)12-19-15-7-5-4-6-8-15/h4-8,13-14,18H,3,10-12H2,1-2H3. The minimum atomic E-state index is -0.550. The van der Waals surface area contributed by atoms with E-state index >= 15 is 0 Å². The van der Waals surface area contributed by atoms with Crippen LogP contribution in [0, 0.1) is 17.2 Å². The number of rotatable bonds is 8.